The molecular weight excluding hydrogens is 292 g/mol. The number of nitrogens with one attached hydrogen (secondary N) is 2. The summed E-state index contributed by atoms with van der Waals surface area (Å²) in [7, 11) is 0. The highest BCUT2D eigenvalue weighted by Crippen LogP contribution is 2.15. The van der Waals surface area contributed by atoms with Gasteiger partial charge in [0.2, 0.25) is 0 Å². The van der Waals surface area contributed by atoms with Crippen molar-refractivity contribution in [2.24, 2.45) is 0 Å². The Labute approximate surface area is 135 Å². The highest BCUT2D eigenvalue weighted by Gasteiger charge is 2.23. The predicted molar refractivity (Wildman–Crippen MR) is 87.4 cm³/mol. The quantitative estimate of drug-likeness (QED) is 0.889. The van der Waals surface area contributed by atoms with Crippen LogP contribution in [0.2, 0.25) is 0 Å². The Morgan fingerprint density at radius 1 is 1.43 bits per heavy atom. The fourth-order valence-electron chi connectivity index (χ4n) is 2.70. The summed E-state index contributed by atoms with van der Waals surface area (Å²) in [6.45, 7) is 3.21. The van der Waals surface area contributed by atoms with E-state index in [1.807, 2.05) is 43.5 Å². The second-order valence-electron chi connectivity index (χ2n) is 5.80. The molecule has 0 bridgehead atoms. The van der Waals surface area contributed by atoms with Gasteiger partial charge in [0.1, 0.15) is 0 Å². The fraction of sp³-hybridized carbons (Fsp3) is 0.412. The monoisotopic (exact) mass is 314 g/mol. The van der Waals surface area contributed by atoms with Crippen molar-refractivity contribution in [2.75, 3.05) is 6.61 Å². The molecule has 0 aliphatic carbocycles. The molecule has 2 heterocycles. The van der Waals surface area contributed by atoms with Crippen LogP contribution in [0.4, 0.5) is 4.79 Å². The smallest absolute Gasteiger partial charge is 0.315 e. The van der Waals surface area contributed by atoms with Crippen LogP contribution in [0.5, 0.6) is 0 Å². The molecule has 2 atom stereocenters. The van der Waals surface area contributed by atoms with Gasteiger partial charge >= 0.3 is 6.03 Å². The first kappa shape index (κ1) is 15.6. The Morgan fingerprint density at radius 3 is 3.00 bits per heavy atom. The molecular formula is C17H22N4O2. The highest BCUT2D eigenvalue weighted by atomic mass is 16.5. The molecule has 2 N–H and O–H groups in total. The van der Waals surface area contributed by atoms with Crippen LogP contribution in [-0.4, -0.2) is 34.6 Å². The van der Waals surface area contributed by atoms with Gasteiger partial charge in [-0.3, -0.25) is 0 Å². The van der Waals surface area contributed by atoms with Crippen molar-refractivity contribution in [3.8, 4) is 5.69 Å². The van der Waals surface area contributed by atoms with Crippen molar-refractivity contribution in [1.29, 1.82) is 0 Å². The fourth-order valence-corrected chi connectivity index (χ4v) is 2.70. The van der Waals surface area contributed by atoms with Gasteiger partial charge in [-0.2, -0.15) is 5.10 Å². The van der Waals surface area contributed by atoms with Crippen LogP contribution >= 0.6 is 0 Å². The third-order valence-electron chi connectivity index (χ3n) is 3.99. The second kappa shape index (κ2) is 7.28. The predicted octanol–water partition coefficient (Wildman–Crippen LogP) is 2.24. The molecule has 1 aliphatic heterocycles. The Kier molecular flexibility index (Phi) is 4.92. The topological polar surface area (TPSA) is 68.2 Å². The summed E-state index contributed by atoms with van der Waals surface area (Å²) in [4.78, 5) is 12.0. The maximum Gasteiger partial charge on any atom is 0.315 e. The molecule has 2 amide bonds. The van der Waals surface area contributed by atoms with Gasteiger partial charge in [-0.05, 0) is 31.9 Å². The molecule has 23 heavy (non-hydrogen) atoms. The standard InChI is InChI=1S/C17H22N4O2/c1-13(16-8-5-9-23-16)20-17(22)18-10-14-11-19-21(12-14)15-6-3-2-4-7-15/h2-4,6-7,11-13,16H,5,8-10H2,1H3,(H2,18,20,22)/t13-,16+/m1/s1. The van der Waals surface area contributed by atoms with Crippen LogP contribution in [0, 0.1) is 0 Å². The SMILES string of the molecule is C[C@@H](NC(=O)NCc1cnn(-c2ccccc2)c1)[C@@H]1CCCO1. The number of para-hydroxylation sites is 1. The number of carbonyl (C=O) groups is 1. The van der Waals surface area contributed by atoms with E-state index in [0.717, 1.165) is 30.7 Å². The van der Waals surface area contributed by atoms with Crippen molar-refractivity contribution in [3.63, 3.8) is 0 Å². The Bertz CT molecular complexity index is 635. The normalized spacial score (nSPS) is 18.6. The first-order chi connectivity index (χ1) is 11.2. The number of rotatable bonds is 5. The van der Waals surface area contributed by atoms with Crippen molar-refractivity contribution < 1.29 is 9.53 Å². The van der Waals surface area contributed by atoms with Gasteiger partial charge in [-0.1, -0.05) is 18.2 Å². The summed E-state index contributed by atoms with van der Waals surface area (Å²) in [6, 6.07) is 9.71. The zero-order chi connectivity index (χ0) is 16.1. The van der Waals surface area contributed by atoms with Gasteiger partial charge < -0.3 is 15.4 Å². The van der Waals surface area contributed by atoms with Gasteiger partial charge in [0.25, 0.3) is 0 Å². The van der Waals surface area contributed by atoms with Crippen LogP contribution < -0.4 is 10.6 Å². The first-order valence-electron chi connectivity index (χ1n) is 7.97. The molecule has 1 aliphatic rings. The number of carbonyl (C=O) groups excluding carboxylic acids is 1. The van der Waals surface area contributed by atoms with Crippen LogP contribution in [0.1, 0.15) is 25.3 Å². The molecule has 0 unspecified atom stereocenters. The number of ether oxygens (including phenoxy) is 1. The lowest BCUT2D eigenvalue weighted by molar-refractivity contribution is 0.0860. The van der Waals surface area contributed by atoms with E-state index in [-0.39, 0.29) is 18.2 Å². The molecule has 1 aromatic heterocycles. The minimum atomic E-state index is -0.180. The second-order valence-corrected chi connectivity index (χ2v) is 5.80. The number of hydrogen-bond acceptors (Lipinski definition) is 3. The zero-order valence-corrected chi connectivity index (χ0v) is 13.2. The Balaban J connectivity index is 1.48. The Morgan fingerprint density at radius 2 is 2.26 bits per heavy atom. The van der Waals surface area contributed by atoms with E-state index in [1.54, 1.807) is 10.9 Å². The lowest BCUT2D eigenvalue weighted by atomic mass is 10.1. The lowest BCUT2D eigenvalue weighted by Gasteiger charge is -2.20. The van der Waals surface area contributed by atoms with Gasteiger partial charge in [-0.15, -0.1) is 0 Å². The average Bonchev–Trinajstić information content (AvgIpc) is 3.25. The molecule has 6 nitrogen and oxygen atoms in total. The average molecular weight is 314 g/mol. The Hall–Kier alpha value is -2.34. The van der Waals surface area contributed by atoms with E-state index in [0.29, 0.717) is 6.54 Å². The number of nitrogens with zero attached hydrogens (tertiary/aromatic N) is 2. The van der Waals surface area contributed by atoms with Crippen molar-refractivity contribution in [3.05, 3.63) is 48.3 Å². The van der Waals surface area contributed by atoms with E-state index < -0.39 is 0 Å². The number of amides is 2. The minimum absolute atomic E-state index is 0.0181. The van der Waals surface area contributed by atoms with Crippen molar-refractivity contribution >= 4 is 6.03 Å². The summed E-state index contributed by atoms with van der Waals surface area (Å²) in [5.41, 5.74) is 1.95. The molecule has 6 heteroatoms. The summed E-state index contributed by atoms with van der Waals surface area (Å²) in [6.07, 6.45) is 5.87. The largest absolute Gasteiger partial charge is 0.376 e. The first-order valence-corrected chi connectivity index (χ1v) is 7.97. The maximum atomic E-state index is 12.0. The zero-order valence-electron chi connectivity index (χ0n) is 13.2. The number of hydrogen-bond donors (Lipinski definition) is 2. The number of benzene rings is 1. The van der Waals surface area contributed by atoms with Crippen LogP contribution in [0.15, 0.2) is 42.7 Å². The lowest BCUT2D eigenvalue weighted by Crippen LogP contribution is -2.45. The molecule has 1 saturated heterocycles. The minimum Gasteiger partial charge on any atom is -0.376 e. The molecule has 2 aromatic rings. The molecule has 1 fully saturated rings. The van der Waals surface area contributed by atoms with Crippen molar-refractivity contribution in [1.82, 2.24) is 20.4 Å². The van der Waals surface area contributed by atoms with Crippen LogP contribution in [0.3, 0.4) is 0 Å². The molecule has 0 spiro atoms. The van der Waals surface area contributed by atoms with E-state index >= 15 is 0 Å². The van der Waals surface area contributed by atoms with Gasteiger partial charge in [-0.25, -0.2) is 9.48 Å². The summed E-state index contributed by atoms with van der Waals surface area (Å²) >= 11 is 0. The maximum absolute atomic E-state index is 12.0. The molecule has 1 aromatic carbocycles. The van der Waals surface area contributed by atoms with Crippen LogP contribution in [0.25, 0.3) is 5.69 Å². The number of urea groups is 1. The third-order valence-corrected chi connectivity index (χ3v) is 3.99. The summed E-state index contributed by atoms with van der Waals surface area (Å²) < 4.78 is 7.37. The van der Waals surface area contributed by atoms with Crippen LogP contribution in [-0.2, 0) is 11.3 Å². The van der Waals surface area contributed by atoms with Gasteiger partial charge in [0, 0.05) is 24.9 Å². The number of aromatic nitrogens is 2. The molecule has 122 valence electrons. The third kappa shape index (κ3) is 4.10. The molecule has 3 rings (SSSR count). The van der Waals surface area contributed by atoms with E-state index in [4.69, 9.17) is 4.74 Å². The highest BCUT2D eigenvalue weighted by molar-refractivity contribution is 5.74. The van der Waals surface area contributed by atoms with Gasteiger partial charge in [0.15, 0.2) is 0 Å². The summed E-state index contributed by atoms with van der Waals surface area (Å²) in [5.74, 6) is 0. The van der Waals surface area contributed by atoms with E-state index in [9.17, 15) is 4.79 Å². The van der Waals surface area contributed by atoms with Crippen molar-refractivity contribution in [2.45, 2.75) is 38.5 Å². The van der Waals surface area contributed by atoms with Gasteiger partial charge in [0.05, 0.1) is 24.0 Å². The summed E-state index contributed by atoms with van der Waals surface area (Å²) in [5, 5.41) is 10.1. The van der Waals surface area contributed by atoms with E-state index in [1.165, 1.54) is 0 Å². The molecule has 0 saturated carbocycles. The molecule has 0 radical (unpaired) electrons. The van der Waals surface area contributed by atoms with E-state index in [2.05, 4.69) is 15.7 Å².